The van der Waals surface area contributed by atoms with E-state index < -0.39 is 11.7 Å². The molecule has 3 aromatic rings. The summed E-state index contributed by atoms with van der Waals surface area (Å²) in [6, 6.07) is 12.4. The highest BCUT2D eigenvalue weighted by Crippen LogP contribution is 2.25. The maximum Gasteiger partial charge on any atom is 0.409 e. The van der Waals surface area contributed by atoms with Gasteiger partial charge in [0.05, 0.1) is 6.54 Å². The SMILES string of the molecule is CC(NC#Cc1ccc(-c2cc(Cn3ccnc3[C@H](C)OC3CCCCO3)no2)cc1)NC(=O)OC(C)(C)C. The van der Waals surface area contributed by atoms with Crippen LogP contribution in [0.4, 0.5) is 4.79 Å². The van der Waals surface area contributed by atoms with Crippen LogP contribution in [0.5, 0.6) is 0 Å². The molecule has 39 heavy (non-hydrogen) atoms. The molecule has 2 aromatic heterocycles. The first-order valence-corrected chi connectivity index (χ1v) is 13.3. The minimum absolute atomic E-state index is 0.182. The predicted octanol–water partition coefficient (Wildman–Crippen LogP) is 4.96. The van der Waals surface area contributed by atoms with E-state index in [0.29, 0.717) is 12.3 Å². The van der Waals surface area contributed by atoms with Crippen LogP contribution >= 0.6 is 0 Å². The van der Waals surface area contributed by atoms with E-state index in [1.54, 1.807) is 13.1 Å². The zero-order valence-corrected chi connectivity index (χ0v) is 23.2. The van der Waals surface area contributed by atoms with E-state index in [-0.39, 0.29) is 18.6 Å². The van der Waals surface area contributed by atoms with Gasteiger partial charge in [0.2, 0.25) is 0 Å². The Kier molecular flexibility index (Phi) is 9.28. The van der Waals surface area contributed by atoms with E-state index in [1.165, 1.54) is 0 Å². The first kappa shape index (κ1) is 28.2. The zero-order chi connectivity index (χ0) is 27.8. The molecule has 1 saturated heterocycles. The molecule has 10 nitrogen and oxygen atoms in total. The van der Waals surface area contributed by atoms with E-state index in [0.717, 1.165) is 48.5 Å². The van der Waals surface area contributed by atoms with E-state index >= 15 is 0 Å². The van der Waals surface area contributed by atoms with Gasteiger partial charge >= 0.3 is 6.09 Å². The van der Waals surface area contributed by atoms with Crippen LogP contribution in [0, 0.1) is 12.0 Å². The number of benzene rings is 1. The number of aromatic nitrogens is 3. The summed E-state index contributed by atoms with van der Waals surface area (Å²) >= 11 is 0. The highest BCUT2D eigenvalue weighted by atomic mass is 16.7. The number of rotatable bonds is 8. The molecule has 2 unspecified atom stereocenters. The van der Waals surface area contributed by atoms with Crippen molar-refractivity contribution in [1.29, 1.82) is 0 Å². The summed E-state index contributed by atoms with van der Waals surface area (Å²) in [4.78, 5) is 16.3. The lowest BCUT2D eigenvalue weighted by atomic mass is 10.1. The third kappa shape index (κ3) is 8.60. The lowest BCUT2D eigenvalue weighted by molar-refractivity contribution is -0.188. The third-order valence-electron chi connectivity index (χ3n) is 5.89. The normalized spacial score (nSPS) is 17.0. The van der Waals surface area contributed by atoms with E-state index in [9.17, 15) is 4.79 Å². The third-order valence-corrected chi connectivity index (χ3v) is 5.89. The number of imidazole rings is 1. The maximum absolute atomic E-state index is 11.8. The van der Waals surface area contributed by atoms with Crippen LogP contribution in [0.15, 0.2) is 47.2 Å². The molecular formula is C29H37N5O5. The molecule has 4 rings (SSSR count). The van der Waals surface area contributed by atoms with Crippen LogP contribution in [0.25, 0.3) is 11.3 Å². The number of alkyl carbamates (subject to hydrolysis) is 1. The molecule has 0 saturated carbocycles. The molecule has 1 amide bonds. The minimum atomic E-state index is -0.554. The molecule has 1 aromatic carbocycles. The van der Waals surface area contributed by atoms with Crippen molar-refractivity contribution < 1.29 is 23.5 Å². The zero-order valence-electron chi connectivity index (χ0n) is 23.2. The van der Waals surface area contributed by atoms with E-state index in [2.05, 4.69) is 32.7 Å². The van der Waals surface area contributed by atoms with Crippen LogP contribution < -0.4 is 10.6 Å². The monoisotopic (exact) mass is 535 g/mol. The molecule has 0 spiro atoms. The fourth-order valence-corrected chi connectivity index (χ4v) is 4.07. The van der Waals surface area contributed by atoms with Gasteiger partial charge in [-0.15, -0.1) is 0 Å². The number of nitrogens with one attached hydrogen (secondary N) is 2. The molecule has 0 bridgehead atoms. The van der Waals surface area contributed by atoms with Gasteiger partial charge in [-0.3, -0.25) is 0 Å². The summed E-state index contributed by atoms with van der Waals surface area (Å²) in [7, 11) is 0. The Labute approximate surface area is 229 Å². The Bertz CT molecular complexity index is 1280. The van der Waals surface area contributed by atoms with Crippen LogP contribution in [0.2, 0.25) is 0 Å². The Morgan fingerprint density at radius 1 is 1.23 bits per heavy atom. The molecule has 3 heterocycles. The van der Waals surface area contributed by atoms with Gasteiger partial charge in [0.1, 0.15) is 29.4 Å². The van der Waals surface area contributed by atoms with Gasteiger partial charge in [-0.25, -0.2) is 9.78 Å². The summed E-state index contributed by atoms with van der Waals surface area (Å²) in [5.74, 6) is 4.51. The van der Waals surface area contributed by atoms with Gasteiger partial charge in [0.25, 0.3) is 0 Å². The standard InChI is InChI=1S/C29H37N5O5/c1-20(37-26-8-6-7-17-36-26)27-31-15-16-34(27)19-24-18-25(39-33-24)23-11-9-22(10-12-23)13-14-30-21(2)32-28(35)38-29(3,4)5/h9-12,15-16,18,20-21,26,30H,6-8,17,19H2,1-5H3,(H,32,35)/t20-,21?,26?/m0/s1. The second-order valence-corrected chi connectivity index (χ2v) is 10.5. The topological polar surface area (TPSA) is 113 Å². The van der Waals surface area contributed by atoms with Crippen LogP contribution in [0.1, 0.15) is 77.1 Å². The molecule has 1 aliphatic heterocycles. The number of nitrogens with zero attached hydrogens (tertiary/aromatic N) is 3. The molecule has 1 aliphatic rings. The van der Waals surface area contributed by atoms with Crippen molar-refractivity contribution >= 4 is 6.09 Å². The van der Waals surface area contributed by atoms with Crippen LogP contribution in [-0.4, -0.2) is 45.5 Å². The predicted molar refractivity (Wildman–Crippen MR) is 145 cm³/mol. The molecule has 2 N–H and O–H groups in total. The van der Waals surface area contributed by atoms with Crippen molar-refractivity contribution in [3.8, 4) is 23.3 Å². The molecule has 3 atom stereocenters. The van der Waals surface area contributed by atoms with Crippen molar-refractivity contribution in [1.82, 2.24) is 25.3 Å². The second kappa shape index (κ2) is 12.8. The highest BCUT2D eigenvalue weighted by Gasteiger charge is 2.21. The smallest absolute Gasteiger partial charge is 0.409 e. The fourth-order valence-electron chi connectivity index (χ4n) is 4.07. The largest absolute Gasteiger partial charge is 0.444 e. The molecule has 0 radical (unpaired) electrons. The summed E-state index contributed by atoms with van der Waals surface area (Å²) in [6.45, 7) is 10.5. The van der Waals surface area contributed by atoms with Gasteiger partial charge in [-0.05, 0) is 84.1 Å². The lowest BCUT2D eigenvalue weighted by Gasteiger charge is -2.26. The maximum atomic E-state index is 11.8. The molecular weight excluding hydrogens is 498 g/mol. The van der Waals surface area contributed by atoms with Crippen molar-refractivity contribution in [2.24, 2.45) is 0 Å². The molecule has 208 valence electrons. The van der Waals surface area contributed by atoms with Crippen LogP contribution in [0.3, 0.4) is 0 Å². The first-order chi connectivity index (χ1) is 18.7. The lowest BCUT2D eigenvalue weighted by Crippen LogP contribution is -2.43. The summed E-state index contributed by atoms with van der Waals surface area (Å²) in [6.07, 6.45) is 5.53. The van der Waals surface area contributed by atoms with Crippen molar-refractivity contribution in [2.45, 2.75) is 84.6 Å². The number of amides is 1. The number of carbonyl (C=O) groups is 1. The van der Waals surface area contributed by atoms with Crippen molar-refractivity contribution in [2.75, 3.05) is 6.61 Å². The van der Waals surface area contributed by atoms with E-state index in [1.807, 2.05) is 68.8 Å². The number of ether oxygens (including phenoxy) is 3. The number of hydrogen-bond donors (Lipinski definition) is 2. The fraction of sp³-hybridized carbons (Fsp3) is 0.483. The van der Waals surface area contributed by atoms with Gasteiger partial charge < -0.3 is 33.9 Å². The van der Waals surface area contributed by atoms with Gasteiger partial charge in [0, 0.05) is 42.2 Å². The first-order valence-electron chi connectivity index (χ1n) is 13.3. The number of hydrogen-bond acceptors (Lipinski definition) is 8. The molecule has 10 heteroatoms. The highest BCUT2D eigenvalue weighted by molar-refractivity contribution is 5.68. The van der Waals surface area contributed by atoms with Crippen molar-refractivity contribution in [3.63, 3.8) is 0 Å². The average Bonchev–Trinajstić information content (AvgIpc) is 3.54. The van der Waals surface area contributed by atoms with Gasteiger partial charge in [-0.2, -0.15) is 0 Å². The van der Waals surface area contributed by atoms with Crippen molar-refractivity contribution in [3.05, 3.63) is 59.8 Å². The average molecular weight is 536 g/mol. The Balaban J connectivity index is 1.30. The number of carbonyl (C=O) groups excluding carboxylic acids is 1. The molecule has 1 fully saturated rings. The van der Waals surface area contributed by atoms with Gasteiger partial charge in [-0.1, -0.05) is 5.16 Å². The summed E-state index contributed by atoms with van der Waals surface area (Å²) in [5, 5.41) is 9.86. The van der Waals surface area contributed by atoms with Crippen LogP contribution in [-0.2, 0) is 20.8 Å². The Hall–Kier alpha value is -3.81. The Morgan fingerprint density at radius 2 is 2.03 bits per heavy atom. The summed E-state index contributed by atoms with van der Waals surface area (Å²) < 4.78 is 24.7. The molecule has 0 aliphatic carbocycles. The quantitative estimate of drug-likeness (QED) is 0.236. The van der Waals surface area contributed by atoms with Gasteiger partial charge in [0.15, 0.2) is 12.1 Å². The second-order valence-electron chi connectivity index (χ2n) is 10.5. The van der Waals surface area contributed by atoms with E-state index in [4.69, 9.17) is 18.7 Å². The minimum Gasteiger partial charge on any atom is -0.444 e. The Morgan fingerprint density at radius 3 is 2.74 bits per heavy atom. The summed E-state index contributed by atoms with van der Waals surface area (Å²) in [5.41, 5.74) is 1.94.